The Morgan fingerprint density at radius 3 is 2.95 bits per heavy atom. The van der Waals surface area contributed by atoms with E-state index in [1.165, 1.54) is 6.92 Å². The van der Waals surface area contributed by atoms with Crippen molar-refractivity contribution in [2.75, 3.05) is 6.61 Å². The molecule has 0 radical (unpaired) electrons. The molecule has 1 aliphatic heterocycles. The molecule has 1 aliphatic carbocycles. The number of carbonyl (C=O) groups excluding carboxylic acids is 1. The molecule has 6 nitrogen and oxygen atoms in total. The monoisotopic (exact) mass is 279 g/mol. The van der Waals surface area contributed by atoms with Crippen LogP contribution in [0.5, 0.6) is 0 Å². The first-order valence-electron chi connectivity index (χ1n) is 6.52. The summed E-state index contributed by atoms with van der Waals surface area (Å²) in [5.41, 5.74) is 7.61. The fourth-order valence-corrected chi connectivity index (χ4v) is 2.32. The zero-order chi connectivity index (χ0) is 14.7. The molecule has 0 saturated carbocycles. The molecule has 0 bridgehead atoms. The van der Waals surface area contributed by atoms with Crippen LogP contribution in [0.25, 0.3) is 0 Å². The van der Waals surface area contributed by atoms with Gasteiger partial charge in [0.25, 0.3) is 0 Å². The molecule has 2 rings (SSSR count). The smallest absolute Gasteiger partial charge is 0.321 e. The highest BCUT2D eigenvalue weighted by atomic mass is 16.5. The fourth-order valence-electron chi connectivity index (χ4n) is 2.32. The lowest BCUT2D eigenvalue weighted by atomic mass is 9.97. The molecule has 108 valence electrons. The molecular formula is C14H19N2O4+. The molecule has 0 saturated heterocycles. The molecule has 2 unspecified atom stereocenters. The van der Waals surface area contributed by atoms with Gasteiger partial charge in [-0.3, -0.25) is 14.9 Å². The second-order valence-electron chi connectivity index (χ2n) is 5.14. The van der Waals surface area contributed by atoms with Crippen molar-refractivity contribution in [2.24, 2.45) is 11.7 Å². The van der Waals surface area contributed by atoms with E-state index in [1.807, 2.05) is 23.5 Å². The first-order chi connectivity index (χ1) is 9.45. The van der Waals surface area contributed by atoms with Crippen LogP contribution in [-0.4, -0.2) is 29.5 Å². The molecule has 0 aromatic carbocycles. The molecule has 5 N–H and O–H groups in total. The molecular weight excluding hydrogens is 260 g/mol. The summed E-state index contributed by atoms with van der Waals surface area (Å²) in [5, 5.41) is 10.8. The van der Waals surface area contributed by atoms with Crippen LogP contribution in [0.4, 0.5) is 0 Å². The quantitative estimate of drug-likeness (QED) is 0.616. The van der Waals surface area contributed by atoms with E-state index in [1.54, 1.807) is 0 Å². The molecule has 0 amide bonds. The Kier molecular flexibility index (Phi) is 4.36. The normalized spacial score (nSPS) is 22.3. The molecule has 20 heavy (non-hydrogen) atoms. The number of carbonyl (C=O) groups is 2. The van der Waals surface area contributed by atoms with Crippen LogP contribution in [0.2, 0.25) is 0 Å². The summed E-state index contributed by atoms with van der Waals surface area (Å²) in [4.78, 5) is 21.7. The number of hydrogen-bond donors (Lipinski definition) is 3. The lowest BCUT2D eigenvalue weighted by molar-refractivity contribution is -0.554. The minimum atomic E-state index is -0.994. The SMILES string of the molecule is CC(=O)COC1=CC=C2[NH2+]C(CC(N)C(=O)O)=CC2C1. The first-order valence-corrected chi connectivity index (χ1v) is 6.52. The number of carboxylic acids is 1. The minimum Gasteiger partial charge on any atom is -0.490 e. The van der Waals surface area contributed by atoms with Gasteiger partial charge in [0.2, 0.25) is 0 Å². The van der Waals surface area contributed by atoms with Crippen molar-refractivity contribution in [1.29, 1.82) is 0 Å². The number of ketones is 1. The van der Waals surface area contributed by atoms with Crippen molar-refractivity contribution in [3.63, 3.8) is 0 Å². The lowest BCUT2D eigenvalue weighted by Crippen LogP contribution is -2.79. The highest BCUT2D eigenvalue weighted by Crippen LogP contribution is 2.27. The van der Waals surface area contributed by atoms with Gasteiger partial charge in [-0.25, -0.2) is 0 Å². The van der Waals surface area contributed by atoms with Crippen molar-refractivity contribution in [1.82, 2.24) is 0 Å². The van der Waals surface area contributed by atoms with Crippen LogP contribution in [0.3, 0.4) is 0 Å². The number of ether oxygens (including phenoxy) is 1. The molecule has 2 atom stereocenters. The molecule has 0 fully saturated rings. The Hall–Kier alpha value is -1.92. The highest BCUT2D eigenvalue weighted by molar-refractivity contribution is 5.76. The van der Waals surface area contributed by atoms with Crippen LogP contribution in [0.1, 0.15) is 19.8 Å². The lowest BCUT2D eigenvalue weighted by Gasteiger charge is -2.15. The van der Waals surface area contributed by atoms with Crippen LogP contribution < -0.4 is 11.1 Å². The van der Waals surface area contributed by atoms with Crippen LogP contribution in [-0.2, 0) is 14.3 Å². The van der Waals surface area contributed by atoms with Gasteiger partial charge in [0.05, 0.1) is 11.7 Å². The Morgan fingerprint density at radius 1 is 1.55 bits per heavy atom. The van der Waals surface area contributed by atoms with Crippen LogP contribution in [0, 0.1) is 5.92 Å². The number of nitrogens with two attached hydrogens (primary N) is 2. The van der Waals surface area contributed by atoms with Crippen molar-refractivity contribution in [3.8, 4) is 0 Å². The summed E-state index contributed by atoms with van der Waals surface area (Å²) >= 11 is 0. The summed E-state index contributed by atoms with van der Waals surface area (Å²) in [6.07, 6.45) is 6.85. The number of rotatable bonds is 6. The highest BCUT2D eigenvalue weighted by Gasteiger charge is 2.31. The van der Waals surface area contributed by atoms with E-state index in [9.17, 15) is 9.59 Å². The number of fused-ring (bicyclic) bond motifs is 1. The summed E-state index contributed by atoms with van der Waals surface area (Å²) < 4.78 is 5.41. The predicted molar refractivity (Wildman–Crippen MR) is 71.1 cm³/mol. The number of carboxylic acid groups (broad SMARTS) is 1. The summed E-state index contributed by atoms with van der Waals surface area (Å²) in [7, 11) is 0. The first kappa shape index (κ1) is 14.5. The van der Waals surface area contributed by atoms with Gasteiger partial charge in [-0.15, -0.1) is 0 Å². The van der Waals surface area contributed by atoms with Gasteiger partial charge in [0.15, 0.2) is 5.78 Å². The van der Waals surface area contributed by atoms with E-state index < -0.39 is 12.0 Å². The number of allylic oxidation sites excluding steroid dienone is 4. The van der Waals surface area contributed by atoms with E-state index in [-0.39, 0.29) is 18.3 Å². The number of quaternary nitrogens is 1. The maximum absolute atomic E-state index is 10.9. The van der Waals surface area contributed by atoms with Crippen molar-refractivity contribution in [2.45, 2.75) is 25.8 Å². The van der Waals surface area contributed by atoms with Crippen molar-refractivity contribution < 1.29 is 24.7 Å². The van der Waals surface area contributed by atoms with E-state index in [2.05, 4.69) is 0 Å². The zero-order valence-corrected chi connectivity index (χ0v) is 11.3. The average Bonchev–Trinajstić information content (AvgIpc) is 2.77. The maximum atomic E-state index is 10.9. The Labute approximate surface area is 117 Å². The van der Waals surface area contributed by atoms with Crippen LogP contribution >= 0.6 is 0 Å². The number of aliphatic carboxylic acids is 1. The van der Waals surface area contributed by atoms with E-state index in [0.717, 1.165) is 17.2 Å². The fraction of sp³-hybridized carbons (Fsp3) is 0.429. The van der Waals surface area contributed by atoms with Gasteiger partial charge in [0, 0.05) is 12.8 Å². The second-order valence-corrected chi connectivity index (χ2v) is 5.14. The third-order valence-electron chi connectivity index (χ3n) is 3.31. The van der Waals surface area contributed by atoms with Crippen LogP contribution in [0.15, 0.2) is 35.4 Å². The van der Waals surface area contributed by atoms with Gasteiger partial charge >= 0.3 is 5.97 Å². The van der Waals surface area contributed by atoms with E-state index in [0.29, 0.717) is 12.8 Å². The van der Waals surface area contributed by atoms with E-state index in [4.69, 9.17) is 15.6 Å². The van der Waals surface area contributed by atoms with Gasteiger partial charge in [-0.2, -0.15) is 0 Å². The number of Topliss-reactive ketones (excluding diaryl/α,β-unsaturated/α-hetero) is 1. The molecule has 6 heteroatoms. The zero-order valence-electron chi connectivity index (χ0n) is 11.3. The molecule has 0 aromatic rings. The predicted octanol–water partition coefficient (Wildman–Crippen LogP) is -0.357. The standard InChI is InChI=1S/C14H18N2O4/c1-8(17)7-20-11-2-3-13-9(5-11)4-10(16-13)6-12(15)14(18)19/h2-4,9,12,16H,5-7,15H2,1H3,(H,18,19)/p+1. The summed E-state index contributed by atoms with van der Waals surface area (Å²) in [5.74, 6) is -0.0329. The Morgan fingerprint density at radius 2 is 2.30 bits per heavy atom. The Bertz CT molecular complexity index is 519. The van der Waals surface area contributed by atoms with Gasteiger partial charge in [0.1, 0.15) is 24.0 Å². The summed E-state index contributed by atoms with van der Waals surface area (Å²) in [6, 6.07) is -0.875. The largest absolute Gasteiger partial charge is 0.490 e. The average molecular weight is 279 g/mol. The second kappa shape index (κ2) is 6.02. The van der Waals surface area contributed by atoms with Gasteiger partial charge < -0.3 is 15.6 Å². The number of hydrogen-bond acceptors (Lipinski definition) is 4. The molecule has 0 spiro atoms. The minimum absolute atomic E-state index is 0.0117. The topological polar surface area (TPSA) is 106 Å². The Balaban J connectivity index is 1.94. The maximum Gasteiger partial charge on any atom is 0.321 e. The summed E-state index contributed by atoms with van der Waals surface area (Å²) in [6.45, 7) is 1.57. The van der Waals surface area contributed by atoms with E-state index >= 15 is 0 Å². The molecule has 2 aliphatic rings. The third-order valence-corrected chi connectivity index (χ3v) is 3.31. The molecule has 0 aromatic heterocycles. The van der Waals surface area contributed by atoms with Gasteiger partial charge in [-0.1, -0.05) is 0 Å². The van der Waals surface area contributed by atoms with Gasteiger partial charge in [-0.05, 0) is 25.2 Å². The third kappa shape index (κ3) is 3.55. The molecule has 1 heterocycles. The van der Waals surface area contributed by atoms with Crippen molar-refractivity contribution in [3.05, 3.63) is 35.4 Å². The van der Waals surface area contributed by atoms with Crippen molar-refractivity contribution >= 4 is 11.8 Å².